The lowest BCUT2D eigenvalue weighted by Gasteiger charge is -2.22. The zero-order valence-electron chi connectivity index (χ0n) is 14.9. The number of nitrogens with one attached hydrogen (secondary N) is 1. The van der Waals surface area contributed by atoms with Crippen LogP contribution in [0.3, 0.4) is 0 Å². The molecule has 0 aliphatic carbocycles. The van der Waals surface area contributed by atoms with Crippen LogP contribution in [-0.4, -0.2) is 41.0 Å². The number of carbonyl (C=O) groups excluding carboxylic acids is 1. The predicted octanol–water partition coefficient (Wildman–Crippen LogP) is 2.28. The number of nitrogens with zero attached hydrogens (tertiary/aromatic N) is 2. The molecule has 0 saturated carbocycles. The molecule has 0 spiro atoms. The Morgan fingerprint density at radius 3 is 2.81 bits per heavy atom. The maximum absolute atomic E-state index is 13.4. The van der Waals surface area contributed by atoms with Crippen molar-refractivity contribution in [1.29, 1.82) is 0 Å². The van der Waals surface area contributed by atoms with Gasteiger partial charge in [0.1, 0.15) is 11.6 Å². The van der Waals surface area contributed by atoms with Crippen LogP contribution in [0, 0.1) is 5.82 Å². The highest BCUT2D eigenvalue weighted by molar-refractivity contribution is 5.79. The van der Waals surface area contributed by atoms with E-state index in [1.54, 1.807) is 48.4 Å². The first kappa shape index (κ1) is 18.7. The van der Waals surface area contributed by atoms with E-state index in [0.29, 0.717) is 35.4 Å². The summed E-state index contributed by atoms with van der Waals surface area (Å²) < 4.78 is 18.4. The predicted molar refractivity (Wildman–Crippen MR) is 99.8 cm³/mol. The summed E-state index contributed by atoms with van der Waals surface area (Å²) in [5, 5.41) is 0.496. The number of halogens is 1. The molecule has 0 bridgehead atoms. The van der Waals surface area contributed by atoms with Gasteiger partial charge >= 0.3 is 0 Å². The first-order valence-electron chi connectivity index (χ1n) is 8.56. The van der Waals surface area contributed by atoms with Crippen molar-refractivity contribution < 1.29 is 13.9 Å². The van der Waals surface area contributed by atoms with Crippen LogP contribution in [0.2, 0.25) is 0 Å². The van der Waals surface area contributed by atoms with E-state index in [1.807, 2.05) is 0 Å². The molecule has 3 rings (SSSR count). The lowest BCUT2D eigenvalue weighted by molar-refractivity contribution is -0.131. The molecule has 7 heteroatoms. The number of hydrogen-bond donors (Lipinski definition) is 1. The van der Waals surface area contributed by atoms with Gasteiger partial charge < -0.3 is 14.6 Å². The first-order chi connectivity index (χ1) is 13.1. The van der Waals surface area contributed by atoms with Crippen molar-refractivity contribution in [2.45, 2.75) is 13.0 Å². The quantitative estimate of drug-likeness (QED) is 0.693. The third-order valence-electron chi connectivity index (χ3n) is 4.16. The number of fused-ring (bicyclic) bond motifs is 1. The zero-order chi connectivity index (χ0) is 19.2. The highest BCUT2D eigenvalue weighted by Crippen LogP contribution is 2.10. The van der Waals surface area contributed by atoms with Gasteiger partial charge in [-0.05, 0) is 29.8 Å². The number of hydrogen-bond acceptors (Lipinski definition) is 4. The van der Waals surface area contributed by atoms with Gasteiger partial charge in [0.15, 0.2) is 0 Å². The molecule has 0 atom stereocenters. The number of ether oxygens (including phenoxy) is 1. The second-order valence-corrected chi connectivity index (χ2v) is 6.14. The molecule has 0 saturated heterocycles. The standard InChI is InChI=1S/C20H20FN3O3/c1-27-10-9-24(19(25)12-14-5-4-6-15(21)11-14)13-18-22-17-8-3-2-7-16(17)20(26)23-18/h2-8,11H,9-10,12-13H2,1H3,(H,22,23,26). The molecule has 0 aliphatic rings. The summed E-state index contributed by atoms with van der Waals surface area (Å²) >= 11 is 0. The fourth-order valence-electron chi connectivity index (χ4n) is 2.82. The van der Waals surface area contributed by atoms with Gasteiger partial charge in [0.25, 0.3) is 5.56 Å². The Balaban J connectivity index is 1.82. The lowest BCUT2D eigenvalue weighted by atomic mass is 10.1. The minimum Gasteiger partial charge on any atom is -0.383 e. The van der Waals surface area contributed by atoms with Crippen LogP contribution in [0.5, 0.6) is 0 Å². The fraction of sp³-hybridized carbons (Fsp3) is 0.250. The summed E-state index contributed by atoms with van der Waals surface area (Å²) in [6.45, 7) is 0.811. The number of carbonyl (C=O) groups is 1. The van der Waals surface area contributed by atoms with E-state index in [0.717, 1.165) is 0 Å². The van der Waals surface area contributed by atoms with Crippen LogP contribution in [0.1, 0.15) is 11.4 Å². The molecule has 0 aliphatic heterocycles. The molecular weight excluding hydrogens is 349 g/mol. The number of benzene rings is 2. The summed E-state index contributed by atoms with van der Waals surface area (Å²) in [6.07, 6.45) is 0.0548. The number of aromatic amines is 1. The second kappa shape index (κ2) is 8.55. The van der Waals surface area contributed by atoms with Gasteiger partial charge in [-0.3, -0.25) is 9.59 Å². The summed E-state index contributed by atoms with van der Waals surface area (Å²) in [4.78, 5) is 33.6. The SMILES string of the molecule is COCCN(Cc1nc2ccccc2c(=O)[nH]1)C(=O)Cc1cccc(F)c1. The van der Waals surface area contributed by atoms with Gasteiger partial charge in [-0.1, -0.05) is 24.3 Å². The normalized spacial score (nSPS) is 10.9. The molecule has 1 heterocycles. The fourth-order valence-corrected chi connectivity index (χ4v) is 2.82. The lowest BCUT2D eigenvalue weighted by Crippen LogP contribution is -2.35. The molecule has 27 heavy (non-hydrogen) atoms. The molecule has 6 nitrogen and oxygen atoms in total. The third-order valence-corrected chi connectivity index (χ3v) is 4.16. The summed E-state index contributed by atoms with van der Waals surface area (Å²) in [5.74, 6) is -0.194. The minimum absolute atomic E-state index is 0.0548. The van der Waals surface area contributed by atoms with Crippen molar-refractivity contribution in [3.8, 4) is 0 Å². The molecule has 0 unspecified atom stereocenters. The van der Waals surface area contributed by atoms with Gasteiger partial charge in [0, 0.05) is 13.7 Å². The Kier molecular flexibility index (Phi) is 5.93. The van der Waals surface area contributed by atoms with Gasteiger partial charge in [-0.25, -0.2) is 9.37 Å². The summed E-state index contributed by atoms with van der Waals surface area (Å²) in [7, 11) is 1.55. The van der Waals surface area contributed by atoms with Crippen LogP contribution in [-0.2, 0) is 22.5 Å². The maximum atomic E-state index is 13.4. The van der Waals surface area contributed by atoms with Crippen LogP contribution < -0.4 is 5.56 Å². The number of aromatic nitrogens is 2. The van der Waals surface area contributed by atoms with Crippen molar-refractivity contribution in [3.05, 3.63) is 76.1 Å². The van der Waals surface area contributed by atoms with Gasteiger partial charge in [-0.15, -0.1) is 0 Å². The summed E-state index contributed by atoms with van der Waals surface area (Å²) in [5.41, 5.74) is 0.905. The van der Waals surface area contributed by atoms with Gasteiger partial charge in [0.05, 0.1) is 30.5 Å². The number of H-pyrrole nitrogens is 1. The van der Waals surface area contributed by atoms with Crippen LogP contribution >= 0.6 is 0 Å². The molecule has 1 aromatic heterocycles. The molecule has 1 N–H and O–H groups in total. The third kappa shape index (κ3) is 4.77. The largest absolute Gasteiger partial charge is 0.383 e. The Morgan fingerprint density at radius 1 is 1.22 bits per heavy atom. The molecular formula is C20H20FN3O3. The molecule has 0 fully saturated rings. The van der Waals surface area contributed by atoms with E-state index in [9.17, 15) is 14.0 Å². The highest BCUT2D eigenvalue weighted by Gasteiger charge is 2.16. The van der Waals surface area contributed by atoms with E-state index in [4.69, 9.17) is 4.74 Å². The molecule has 2 aromatic carbocycles. The first-order valence-corrected chi connectivity index (χ1v) is 8.56. The average Bonchev–Trinajstić information content (AvgIpc) is 2.65. The molecule has 1 amide bonds. The van der Waals surface area contributed by atoms with Crippen molar-refractivity contribution in [2.24, 2.45) is 0 Å². The average molecular weight is 369 g/mol. The van der Waals surface area contributed by atoms with Crippen molar-refractivity contribution in [2.75, 3.05) is 20.3 Å². The number of rotatable bonds is 7. The Hall–Kier alpha value is -3.06. The molecule has 0 radical (unpaired) electrons. The second-order valence-electron chi connectivity index (χ2n) is 6.14. The van der Waals surface area contributed by atoms with Crippen LogP contribution in [0.15, 0.2) is 53.3 Å². The van der Waals surface area contributed by atoms with Gasteiger partial charge in [0.2, 0.25) is 5.91 Å². The summed E-state index contributed by atoms with van der Waals surface area (Å²) in [6, 6.07) is 13.0. The highest BCUT2D eigenvalue weighted by atomic mass is 19.1. The van der Waals surface area contributed by atoms with E-state index in [2.05, 4.69) is 9.97 Å². The van der Waals surface area contributed by atoms with E-state index < -0.39 is 0 Å². The van der Waals surface area contributed by atoms with Crippen LogP contribution in [0.25, 0.3) is 10.9 Å². The van der Waals surface area contributed by atoms with Crippen LogP contribution in [0.4, 0.5) is 4.39 Å². The van der Waals surface area contributed by atoms with E-state index in [1.165, 1.54) is 12.1 Å². The number of para-hydroxylation sites is 1. The maximum Gasteiger partial charge on any atom is 0.258 e. The Labute approximate surface area is 155 Å². The Morgan fingerprint density at radius 2 is 2.04 bits per heavy atom. The smallest absolute Gasteiger partial charge is 0.258 e. The Bertz CT molecular complexity index is 1000. The van der Waals surface area contributed by atoms with Gasteiger partial charge in [-0.2, -0.15) is 0 Å². The zero-order valence-corrected chi connectivity index (χ0v) is 14.9. The van der Waals surface area contributed by atoms with Crippen molar-refractivity contribution in [1.82, 2.24) is 14.9 Å². The number of methoxy groups -OCH3 is 1. The van der Waals surface area contributed by atoms with E-state index in [-0.39, 0.29) is 30.2 Å². The molecule has 3 aromatic rings. The molecule has 140 valence electrons. The monoisotopic (exact) mass is 369 g/mol. The number of amides is 1. The van der Waals surface area contributed by atoms with Crippen molar-refractivity contribution in [3.63, 3.8) is 0 Å². The van der Waals surface area contributed by atoms with E-state index >= 15 is 0 Å². The minimum atomic E-state index is -0.385. The van der Waals surface area contributed by atoms with Crippen molar-refractivity contribution >= 4 is 16.8 Å². The topological polar surface area (TPSA) is 75.3 Å².